The zero-order valence-corrected chi connectivity index (χ0v) is 40.7. The van der Waals surface area contributed by atoms with E-state index in [1.54, 1.807) is 0 Å². The quantitative estimate of drug-likeness (QED) is 0.0600. The second-order valence-electron chi connectivity index (χ2n) is 18.9. The highest BCUT2D eigenvalue weighted by atomic mass is 16.4. The van der Waals surface area contributed by atoms with Gasteiger partial charge in [0.2, 0.25) is 0 Å². The largest absolute Gasteiger partial charge is 0.481 e. The van der Waals surface area contributed by atoms with Crippen LogP contribution in [0.15, 0.2) is 0 Å². The maximum atomic E-state index is 12.0. The van der Waals surface area contributed by atoms with Crippen LogP contribution in [0.25, 0.3) is 0 Å². The van der Waals surface area contributed by atoms with Gasteiger partial charge in [-0.1, -0.05) is 286 Å². The molecule has 0 aromatic heterocycles. The summed E-state index contributed by atoms with van der Waals surface area (Å²) in [4.78, 5) is 23.5. The minimum Gasteiger partial charge on any atom is -0.481 e. The Labute approximate surface area is 365 Å². The summed E-state index contributed by atoms with van der Waals surface area (Å²) in [7, 11) is 0. The predicted octanol–water partition coefficient (Wildman–Crippen LogP) is 19.1. The van der Waals surface area contributed by atoms with Gasteiger partial charge < -0.3 is 10.2 Å². The molecule has 0 aliphatic rings. The molecule has 0 rings (SSSR count). The monoisotopic (exact) mass is 821 g/mol. The summed E-state index contributed by atoms with van der Waals surface area (Å²) in [5, 5.41) is 19.3. The number of hydrogen-bond acceptors (Lipinski definition) is 2. The Morgan fingerprint density at radius 1 is 0.293 bits per heavy atom. The van der Waals surface area contributed by atoms with Crippen molar-refractivity contribution < 1.29 is 19.8 Å². The molecule has 0 aliphatic heterocycles. The van der Waals surface area contributed by atoms with Gasteiger partial charge in [0.25, 0.3) is 0 Å². The van der Waals surface area contributed by atoms with E-state index in [4.69, 9.17) is 0 Å². The lowest BCUT2D eigenvalue weighted by atomic mass is 9.84. The summed E-state index contributed by atoms with van der Waals surface area (Å²) in [5.41, 5.74) is 0. The highest BCUT2D eigenvalue weighted by Crippen LogP contribution is 2.29. The summed E-state index contributed by atoms with van der Waals surface area (Å²) in [6, 6.07) is 0. The topological polar surface area (TPSA) is 74.6 Å². The van der Waals surface area contributed by atoms with Crippen molar-refractivity contribution in [2.45, 2.75) is 311 Å². The fourth-order valence-corrected chi connectivity index (χ4v) is 9.03. The number of rotatable bonds is 46. The van der Waals surface area contributed by atoms with Crippen LogP contribution in [0.3, 0.4) is 0 Å². The lowest BCUT2D eigenvalue weighted by Crippen LogP contribution is -2.18. The fraction of sp³-hybridized carbons (Fsp3) is 0.963. The van der Waals surface area contributed by atoms with E-state index in [1.807, 2.05) is 0 Å². The van der Waals surface area contributed by atoms with Crippen molar-refractivity contribution in [1.82, 2.24) is 0 Å². The van der Waals surface area contributed by atoms with Crippen LogP contribution in [0.5, 0.6) is 0 Å². The Balaban J connectivity index is 0. The Bertz CT molecular complexity index is 811. The van der Waals surface area contributed by atoms with E-state index in [0.717, 1.165) is 44.9 Å². The van der Waals surface area contributed by atoms with Gasteiger partial charge in [0.1, 0.15) is 0 Å². The average molecular weight is 821 g/mol. The predicted molar refractivity (Wildman–Crippen MR) is 257 cm³/mol. The Morgan fingerprint density at radius 3 is 0.793 bits per heavy atom. The SMILES string of the molecule is CCCCCCCCCCC(CC(CC)CCCC)C(=O)O.CCCCCCCCCCCCCCCCC(CC(CCCCCC)CCCCCCCC)C(=O)O. The standard InChI is InChI=1S/C34H68O2.C20H40O2/c1-4-7-10-13-15-16-17-18-19-20-21-22-24-27-30-33(34(35)36)31-32(28-25-12-9-6-3)29-26-23-14-11-8-5-2;1-4-7-9-10-11-12-13-14-16-19(20(21)22)17-18(6-3)15-8-5-2/h32-33H,4-31H2,1-3H3,(H,35,36);18-19H,4-17H2,1-3H3,(H,21,22). The fourth-order valence-electron chi connectivity index (χ4n) is 9.03. The van der Waals surface area contributed by atoms with Gasteiger partial charge in [-0.05, 0) is 37.5 Å². The molecule has 0 saturated heterocycles. The van der Waals surface area contributed by atoms with Crippen LogP contribution in [0.4, 0.5) is 0 Å². The van der Waals surface area contributed by atoms with Crippen LogP contribution in [-0.4, -0.2) is 22.2 Å². The van der Waals surface area contributed by atoms with Crippen LogP contribution in [0.1, 0.15) is 311 Å². The van der Waals surface area contributed by atoms with Crippen LogP contribution in [0, 0.1) is 23.7 Å². The van der Waals surface area contributed by atoms with Gasteiger partial charge in [0, 0.05) is 0 Å². The van der Waals surface area contributed by atoms with Gasteiger partial charge >= 0.3 is 11.9 Å². The zero-order valence-electron chi connectivity index (χ0n) is 40.7. The second-order valence-corrected chi connectivity index (χ2v) is 18.9. The molecule has 2 N–H and O–H groups in total. The highest BCUT2D eigenvalue weighted by Gasteiger charge is 2.23. The molecule has 0 fully saturated rings. The van der Waals surface area contributed by atoms with Crippen molar-refractivity contribution >= 4 is 11.9 Å². The lowest BCUT2D eigenvalue weighted by molar-refractivity contribution is -0.143. The van der Waals surface area contributed by atoms with Gasteiger partial charge in [-0.15, -0.1) is 0 Å². The first-order chi connectivity index (χ1) is 28.3. The van der Waals surface area contributed by atoms with E-state index in [2.05, 4.69) is 41.5 Å². The van der Waals surface area contributed by atoms with E-state index in [0.29, 0.717) is 11.8 Å². The van der Waals surface area contributed by atoms with Crippen LogP contribution in [0.2, 0.25) is 0 Å². The highest BCUT2D eigenvalue weighted by molar-refractivity contribution is 5.70. The normalized spacial score (nSPS) is 13.5. The molecular weight excluding hydrogens is 713 g/mol. The minimum absolute atomic E-state index is 0.109. The summed E-state index contributed by atoms with van der Waals surface area (Å²) in [6.45, 7) is 13.5. The molecule has 58 heavy (non-hydrogen) atoms. The number of aliphatic carboxylic acids is 2. The van der Waals surface area contributed by atoms with Crippen molar-refractivity contribution in [2.24, 2.45) is 23.7 Å². The van der Waals surface area contributed by atoms with E-state index < -0.39 is 11.9 Å². The van der Waals surface area contributed by atoms with E-state index in [1.165, 1.54) is 225 Å². The Kier molecular flexibility index (Phi) is 49.5. The molecule has 0 aromatic rings. The maximum Gasteiger partial charge on any atom is 0.306 e. The zero-order chi connectivity index (χ0) is 43.2. The second kappa shape index (κ2) is 48.6. The van der Waals surface area contributed by atoms with Crippen LogP contribution in [-0.2, 0) is 9.59 Å². The van der Waals surface area contributed by atoms with E-state index in [9.17, 15) is 19.8 Å². The Hall–Kier alpha value is -1.06. The lowest BCUT2D eigenvalue weighted by Gasteiger charge is -2.21. The van der Waals surface area contributed by atoms with Crippen molar-refractivity contribution in [2.75, 3.05) is 0 Å². The smallest absolute Gasteiger partial charge is 0.306 e. The number of hydrogen-bond donors (Lipinski definition) is 2. The molecule has 4 atom stereocenters. The van der Waals surface area contributed by atoms with Crippen LogP contribution < -0.4 is 0 Å². The van der Waals surface area contributed by atoms with E-state index in [-0.39, 0.29) is 11.8 Å². The first-order valence-corrected chi connectivity index (χ1v) is 26.8. The van der Waals surface area contributed by atoms with Crippen molar-refractivity contribution in [1.29, 1.82) is 0 Å². The van der Waals surface area contributed by atoms with Crippen molar-refractivity contribution in [3.63, 3.8) is 0 Å². The molecule has 348 valence electrons. The summed E-state index contributed by atoms with van der Waals surface area (Å²) in [5.74, 6) is -0.0968. The maximum absolute atomic E-state index is 12.0. The van der Waals surface area contributed by atoms with Gasteiger partial charge in [0.15, 0.2) is 0 Å². The average Bonchev–Trinajstić information content (AvgIpc) is 3.21. The summed E-state index contributed by atoms with van der Waals surface area (Å²) >= 11 is 0. The number of carboxylic acids is 2. The van der Waals surface area contributed by atoms with Crippen LogP contribution >= 0.6 is 0 Å². The summed E-state index contributed by atoms with van der Waals surface area (Å²) < 4.78 is 0. The third-order valence-electron chi connectivity index (χ3n) is 13.2. The first kappa shape index (κ1) is 59.0. The van der Waals surface area contributed by atoms with Crippen molar-refractivity contribution in [3.8, 4) is 0 Å². The third-order valence-corrected chi connectivity index (χ3v) is 13.2. The molecule has 0 bridgehead atoms. The molecule has 0 aromatic carbocycles. The first-order valence-electron chi connectivity index (χ1n) is 26.8. The molecular formula is C54H108O4. The molecule has 0 saturated carbocycles. The number of carboxylic acid groups (broad SMARTS) is 2. The number of carbonyl (C=O) groups is 2. The molecule has 0 amide bonds. The third kappa shape index (κ3) is 43.0. The molecule has 0 spiro atoms. The molecule has 0 heterocycles. The molecule has 4 nitrogen and oxygen atoms in total. The number of unbranched alkanes of at least 4 members (excludes halogenated alkanes) is 29. The Morgan fingerprint density at radius 2 is 0.517 bits per heavy atom. The minimum atomic E-state index is -0.571. The van der Waals surface area contributed by atoms with Crippen molar-refractivity contribution in [3.05, 3.63) is 0 Å². The molecule has 0 aliphatic carbocycles. The van der Waals surface area contributed by atoms with Gasteiger partial charge in [-0.2, -0.15) is 0 Å². The summed E-state index contributed by atoms with van der Waals surface area (Å²) in [6.07, 6.45) is 53.4. The van der Waals surface area contributed by atoms with E-state index >= 15 is 0 Å². The van der Waals surface area contributed by atoms with Gasteiger partial charge in [-0.3, -0.25) is 9.59 Å². The molecule has 4 unspecified atom stereocenters. The molecule has 0 radical (unpaired) electrons. The molecule has 4 heteroatoms. The van der Waals surface area contributed by atoms with Gasteiger partial charge in [-0.25, -0.2) is 0 Å². The van der Waals surface area contributed by atoms with Gasteiger partial charge in [0.05, 0.1) is 11.8 Å².